The SMILES string of the molecule is O=C(/C=C/c1ccc([N+](=O)[O-])cc1)NCC#CCOc1cccnc1. The molecule has 0 fully saturated rings. The van der Waals surface area contributed by atoms with Gasteiger partial charge >= 0.3 is 0 Å². The first kappa shape index (κ1) is 17.7. The van der Waals surface area contributed by atoms with Crippen LogP contribution in [0.25, 0.3) is 6.08 Å². The zero-order valence-corrected chi connectivity index (χ0v) is 13.2. The Bertz CT molecular complexity index is 806. The van der Waals surface area contributed by atoms with E-state index < -0.39 is 4.92 Å². The average Bonchev–Trinajstić information content (AvgIpc) is 2.64. The fourth-order valence-electron chi connectivity index (χ4n) is 1.73. The molecule has 2 aromatic rings. The van der Waals surface area contributed by atoms with Crippen LogP contribution in [-0.2, 0) is 4.79 Å². The lowest BCUT2D eigenvalue weighted by Crippen LogP contribution is -2.21. The highest BCUT2D eigenvalue weighted by Crippen LogP contribution is 2.12. The van der Waals surface area contributed by atoms with E-state index in [1.807, 2.05) is 0 Å². The molecule has 1 aromatic carbocycles. The number of benzene rings is 1. The molecule has 0 aliphatic carbocycles. The quantitative estimate of drug-likeness (QED) is 0.377. The van der Waals surface area contributed by atoms with Crippen molar-refractivity contribution >= 4 is 17.7 Å². The maximum absolute atomic E-state index is 11.6. The Hall–Kier alpha value is -3.66. The van der Waals surface area contributed by atoms with Crippen molar-refractivity contribution in [3.05, 3.63) is 70.5 Å². The summed E-state index contributed by atoms with van der Waals surface area (Å²) in [6.45, 7) is 0.403. The summed E-state index contributed by atoms with van der Waals surface area (Å²) in [6, 6.07) is 9.44. The van der Waals surface area contributed by atoms with Gasteiger partial charge < -0.3 is 10.1 Å². The molecule has 1 heterocycles. The standard InChI is InChI=1S/C18H15N3O4/c22-18(10-7-15-5-8-16(9-6-15)21(23)24)20-12-1-2-13-25-17-4-3-11-19-14-17/h3-11,14H,12-13H2,(H,20,22)/b10-7+. The molecular formula is C18H15N3O4. The maximum Gasteiger partial charge on any atom is 0.269 e. The zero-order chi connectivity index (χ0) is 17.9. The number of rotatable bonds is 6. The number of aromatic nitrogens is 1. The number of carbonyl (C=O) groups excluding carboxylic acids is 1. The number of amides is 1. The molecule has 0 saturated heterocycles. The highest BCUT2D eigenvalue weighted by atomic mass is 16.6. The van der Waals surface area contributed by atoms with Gasteiger partial charge in [-0.05, 0) is 35.9 Å². The third-order valence-corrected chi connectivity index (χ3v) is 2.95. The van der Waals surface area contributed by atoms with E-state index >= 15 is 0 Å². The van der Waals surface area contributed by atoms with Crippen LogP contribution in [-0.4, -0.2) is 29.0 Å². The Morgan fingerprint density at radius 2 is 2.08 bits per heavy atom. The molecule has 0 spiro atoms. The van der Waals surface area contributed by atoms with Crippen molar-refractivity contribution in [2.45, 2.75) is 0 Å². The van der Waals surface area contributed by atoms with Gasteiger partial charge in [0.2, 0.25) is 5.91 Å². The van der Waals surface area contributed by atoms with Crippen molar-refractivity contribution < 1.29 is 14.5 Å². The van der Waals surface area contributed by atoms with Gasteiger partial charge in [-0.1, -0.05) is 11.8 Å². The summed E-state index contributed by atoms with van der Waals surface area (Å²) in [4.78, 5) is 25.6. The van der Waals surface area contributed by atoms with Crippen LogP contribution in [0.5, 0.6) is 5.75 Å². The van der Waals surface area contributed by atoms with Crippen LogP contribution in [0.2, 0.25) is 0 Å². The molecule has 25 heavy (non-hydrogen) atoms. The highest BCUT2D eigenvalue weighted by molar-refractivity contribution is 5.91. The van der Waals surface area contributed by atoms with Gasteiger partial charge in [0.25, 0.3) is 5.69 Å². The largest absolute Gasteiger partial charge is 0.479 e. The second-order valence-corrected chi connectivity index (χ2v) is 4.73. The number of hydrogen-bond donors (Lipinski definition) is 1. The topological polar surface area (TPSA) is 94.4 Å². The molecule has 0 unspecified atom stereocenters. The Labute approximate surface area is 144 Å². The third-order valence-electron chi connectivity index (χ3n) is 2.95. The molecule has 2 rings (SSSR count). The summed E-state index contributed by atoms with van der Waals surface area (Å²) >= 11 is 0. The molecule has 1 aromatic heterocycles. The predicted octanol–water partition coefficient (Wildman–Crippen LogP) is 2.20. The van der Waals surface area contributed by atoms with E-state index in [1.165, 1.54) is 18.2 Å². The minimum Gasteiger partial charge on any atom is -0.479 e. The molecule has 126 valence electrons. The first-order valence-corrected chi connectivity index (χ1v) is 7.34. The number of ether oxygens (including phenoxy) is 1. The van der Waals surface area contributed by atoms with Crippen LogP contribution >= 0.6 is 0 Å². The molecule has 0 aliphatic rings. The van der Waals surface area contributed by atoms with E-state index in [9.17, 15) is 14.9 Å². The number of hydrogen-bond acceptors (Lipinski definition) is 5. The molecule has 7 heteroatoms. The minimum atomic E-state index is -0.475. The average molecular weight is 337 g/mol. The number of nitrogens with one attached hydrogen (secondary N) is 1. The lowest BCUT2D eigenvalue weighted by Gasteiger charge is -1.99. The van der Waals surface area contributed by atoms with Gasteiger partial charge in [0.1, 0.15) is 12.4 Å². The molecule has 1 amide bonds. The van der Waals surface area contributed by atoms with E-state index in [4.69, 9.17) is 4.74 Å². The number of nitrogens with zero attached hydrogens (tertiary/aromatic N) is 2. The maximum atomic E-state index is 11.6. The van der Waals surface area contributed by atoms with Gasteiger partial charge in [-0.25, -0.2) is 0 Å². The summed E-state index contributed by atoms with van der Waals surface area (Å²) in [5.41, 5.74) is 0.696. The van der Waals surface area contributed by atoms with E-state index in [0.29, 0.717) is 11.3 Å². The molecular weight excluding hydrogens is 322 g/mol. The van der Waals surface area contributed by atoms with Gasteiger partial charge in [-0.15, -0.1) is 0 Å². The van der Waals surface area contributed by atoms with Gasteiger partial charge in [0, 0.05) is 24.4 Å². The third kappa shape index (κ3) is 6.54. The first-order valence-electron chi connectivity index (χ1n) is 7.34. The van der Waals surface area contributed by atoms with Gasteiger partial charge in [-0.3, -0.25) is 19.9 Å². The highest BCUT2D eigenvalue weighted by Gasteiger charge is 2.02. The molecule has 0 radical (unpaired) electrons. The number of nitro benzene ring substituents is 1. The predicted molar refractivity (Wildman–Crippen MR) is 92.6 cm³/mol. The summed E-state index contributed by atoms with van der Waals surface area (Å²) in [6.07, 6.45) is 6.15. The fourth-order valence-corrected chi connectivity index (χ4v) is 1.73. The van der Waals surface area contributed by atoms with Gasteiger partial charge in [-0.2, -0.15) is 0 Å². The van der Waals surface area contributed by atoms with Crippen molar-refractivity contribution in [2.75, 3.05) is 13.2 Å². The number of nitro groups is 1. The van der Waals surface area contributed by atoms with Gasteiger partial charge in [0.15, 0.2) is 0 Å². The normalized spacial score (nSPS) is 9.92. The summed E-state index contributed by atoms with van der Waals surface area (Å²) in [5, 5.41) is 13.2. The molecule has 0 saturated carbocycles. The van der Waals surface area contributed by atoms with Crippen LogP contribution in [0.3, 0.4) is 0 Å². The molecule has 0 atom stereocenters. The van der Waals surface area contributed by atoms with Crippen LogP contribution in [0.1, 0.15) is 5.56 Å². The number of non-ortho nitro benzene ring substituents is 1. The van der Waals surface area contributed by atoms with Crippen LogP contribution in [0.4, 0.5) is 5.69 Å². The number of carbonyl (C=O) groups is 1. The second-order valence-electron chi connectivity index (χ2n) is 4.73. The minimum absolute atomic E-state index is 0.00498. The van der Waals surface area contributed by atoms with Crippen LogP contribution in [0, 0.1) is 22.0 Å². The van der Waals surface area contributed by atoms with Gasteiger partial charge in [0.05, 0.1) is 17.7 Å². The monoisotopic (exact) mass is 337 g/mol. The zero-order valence-electron chi connectivity index (χ0n) is 13.2. The van der Waals surface area contributed by atoms with Crippen LogP contribution < -0.4 is 10.1 Å². The van der Waals surface area contributed by atoms with E-state index in [2.05, 4.69) is 22.1 Å². The van der Waals surface area contributed by atoms with Crippen molar-refractivity contribution in [3.8, 4) is 17.6 Å². The number of pyridine rings is 1. The summed E-state index contributed by atoms with van der Waals surface area (Å²) in [5.74, 6) is 5.87. The van der Waals surface area contributed by atoms with Crippen LogP contribution in [0.15, 0.2) is 54.9 Å². The first-order chi connectivity index (χ1) is 12.1. The van der Waals surface area contributed by atoms with E-state index in [-0.39, 0.29) is 24.7 Å². The Kier molecular flexibility index (Phi) is 6.70. The fraction of sp³-hybridized carbons (Fsp3) is 0.111. The Morgan fingerprint density at radius 3 is 2.76 bits per heavy atom. The molecule has 7 nitrogen and oxygen atoms in total. The Balaban J connectivity index is 1.70. The lowest BCUT2D eigenvalue weighted by molar-refractivity contribution is -0.384. The summed E-state index contributed by atoms with van der Waals surface area (Å²) < 4.78 is 5.33. The molecule has 0 aliphatic heterocycles. The molecule has 1 N–H and O–H groups in total. The second kappa shape index (κ2) is 9.47. The van der Waals surface area contributed by atoms with Crippen molar-refractivity contribution in [1.82, 2.24) is 10.3 Å². The van der Waals surface area contributed by atoms with E-state index in [0.717, 1.165) is 0 Å². The smallest absolute Gasteiger partial charge is 0.269 e. The lowest BCUT2D eigenvalue weighted by atomic mass is 10.2. The Morgan fingerprint density at radius 1 is 1.28 bits per heavy atom. The van der Waals surface area contributed by atoms with Crippen molar-refractivity contribution in [3.63, 3.8) is 0 Å². The van der Waals surface area contributed by atoms with Crippen molar-refractivity contribution in [1.29, 1.82) is 0 Å². The van der Waals surface area contributed by atoms with E-state index in [1.54, 1.807) is 42.7 Å². The van der Waals surface area contributed by atoms with Crippen molar-refractivity contribution in [2.24, 2.45) is 0 Å². The molecule has 0 bridgehead atoms. The summed E-state index contributed by atoms with van der Waals surface area (Å²) in [7, 11) is 0.